The maximum atomic E-state index is 12.4. The van der Waals surface area contributed by atoms with Crippen LogP contribution in [0.5, 0.6) is 0 Å². The third kappa shape index (κ3) is 5.06. The van der Waals surface area contributed by atoms with Crippen molar-refractivity contribution in [3.8, 4) is 6.07 Å². The Morgan fingerprint density at radius 1 is 1.32 bits per heavy atom. The third-order valence-electron chi connectivity index (χ3n) is 3.54. The summed E-state index contributed by atoms with van der Waals surface area (Å²) in [6, 6.07) is 7.33. The number of nitrogens with one attached hydrogen (secondary N) is 3. The molecular formula is C16H16N6O4S2. The fourth-order valence-electron chi connectivity index (χ4n) is 1.87. The Kier molecular flexibility index (Phi) is 6.34. The lowest BCUT2D eigenvalue weighted by molar-refractivity contribution is -0.114. The van der Waals surface area contributed by atoms with Crippen LogP contribution in [0.2, 0.25) is 0 Å². The van der Waals surface area contributed by atoms with Gasteiger partial charge in [0.25, 0.3) is 15.9 Å². The predicted molar refractivity (Wildman–Crippen MR) is 105 cm³/mol. The lowest BCUT2D eigenvalue weighted by Crippen LogP contribution is -2.25. The zero-order valence-corrected chi connectivity index (χ0v) is 16.4. The van der Waals surface area contributed by atoms with Gasteiger partial charge in [-0.1, -0.05) is 5.16 Å². The van der Waals surface area contributed by atoms with Crippen molar-refractivity contribution in [2.24, 2.45) is 5.73 Å². The van der Waals surface area contributed by atoms with E-state index in [0.29, 0.717) is 16.9 Å². The fourth-order valence-corrected chi connectivity index (χ4v) is 3.10. The zero-order valence-electron chi connectivity index (χ0n) is 14.8. The smallest absolute Gasteiger partial charge is 0.264 e. The molecule has 2 aromatic rings. The SMILES string of the molecule is Cc1noc(NS(=O)(=O)c2ccc(NC(=S)N/C=C(\C#N)C(N)=O)cc2)c1C. The van der Waals surface area contributed by atoms with Crippen LogP contribution in [0.3, 0.4) is 0 Å². The van der Waals surface area contributed by atoms with Gasteiger partial charge in [0.15, 0.2) is 5.11 Å². The summed E-state index contributed by atoms with van der Waals surface area (Å²) in [4.78, 5) is 10.9. The number of benzene rings is 1. The van der Waals surface area contributed by atoms with Gasteiger partial charge in [-0.3, -0.25) is 4.79 Å². The van der Waals surface area contributed by atoms with Crippen LogP contribution in [-0.2, 0) is 14.8 Å². The molecule has 0 saturated carbocycles. The monoisotopic (exact) mass is 420 g/mol. The van der Waals surface area contributed by atoms with Gasteiger partial charge in [0.2, 0.25) is 5.88 Å². The van der Waals surface area contributed by atoms with Crippen LogP contribution in [0.1, 0.15) is 11.3 Å². The van der Waals surface area contributed by atoms with E-state index in [9.17, 15) is 13.2 Å². The molecule has 2 rings (SSSR count). The molecule has 0 aliphatic heterocycles. The quantitative estimate of drug-likeness (QED) is 0.306. The Hall–Kier alpha value is -3.43. The summed E-state index contributed by atoms with van der Waals surface area (Å²) >= 11 is 5.02. The number of nitrogens with zero attached hydrogens (tertiary/aromatic N) is 2. The molecule has 5 N–H and O–H groups in total. The molecule has 1 aromatic heterocycles. The number of primary amides is 1. The number of aromatic nitrogens is 1. The average Bonchev–Trinajstić information content (AvgIpc) is 2.94. The Bertz CT molecular complexity index is 1080. The van der Waals surface area contributed by atoms with Crippen molar-refractivity contribution in [2.75, 3.05) is 10.0 Å². The standard InChI is InChI=1S/C16H16N6O4S2/c1-9-10(2)21-26-15(9)22-28(24,25)13-5-3-12(4-6-13)20-16(27)19-8-11(7-17)14(18)23/h3-6,8,22H,1-2H3,(H2,18,23)(H2,19,20,27)/b11-8+. The van der Waals surface area contributed by atoms with E-state index in [1.807, 2.05) is 0 Å². The Morgan fingerprint density at radius 3 is 2.46 bits per heavy atom. The van der Waals surface area contributed by atoms with Gasteiger partial charge in [0, 0.05) is 17.5 Å². The van der Waals surface area contributed by atoms with Crippen LogP contribution in [0.4, 0.5) is 11.6 Å². The fraction of sp³-hybridized carbons (Fsp3) is 0.125. The van der Waals surface area contributed by atoms with Crippen LogP contribution >= 0.6 is 12.2 Å². The lowest BCUT2D eigenvalue weighted by atomic mass is 10.3. The molecule has 0 radical (unpaired) electrons. The highest BCUT2D eigenvalue weighted by Crippen LogP contribution is 2.22. The minimum absolute atomic E-state index is 0.00534. The number of hydrogen-bond acceptors (Lipinski definition) is 7. The minimum Gasteiger partial charge on any atom is -0.365 e. The average molecular weight is 420 g/mol. The number of sulfonamides is 1. The van der Waals surface area contributed by atoms with Crippen molar-refractivity contribution >= 4 is 44.8 Å². The van der Waals surface area contributed by atoms with Gasteiger partial charge in [-0.25, -0.2) is 13.1 Å². The molecule has 0 spiro atoms. The number of thiocarbonyl (C=S) groups is 1. The number of rotatable bonds is 6. The maximum absolute atomic E-state index is 12.4. The third-order valence-corrected chi connectivity index (χ3v) is 5.11. The van der Waals surface area contributed by atoms with E-state index in [1.165, 1.54) is 24.3 Å². The first-order chi connectivity index (χ1) is 13.1. The van der Waals surface area contributed by atoms with Crippen molar-refractivity contribution in [3.05, 3.63) is 47.3 Å². The minimum atomic E-state index is -3.86. The second-order valence-corrected chi connectivity index (χ2v) is 7.58. The van der Waals surface area contributed by atoms with Gasteiger partial charge in [0.1, 0.15) is 11.6 Å². The summed E-state index contributed by atoms with van der Waals surface area (Å²) in [6.45, 7) is 3.39. The van der Waals surface area contributed by atoms with Crippen LogP contribution in [0, 0.1) is 25.2 Å². The van der Waals surface area contributed by atoms with Crippen molar-refractivity contribution in [2.45, 2.75) is 18.7 Å². The normalized spacial score (nSPS) is 11.4. The molecule has 146 valence electrons. The van der Waals surface area contributed by atoms with E-state index in [1.54, 1.807) is 19.9 Å². The zero-order chi connectivity index (χ0) is 20.9. The second kappa shape index (κ2) is 8.51. The molecule has 28 heavy (non-hydrogen) atoms. The largest absolute Gasteiger partial charge is 0.365 e. The summed E-state index contributed by atoms with van der Waals surface area (Å²) in [6.07, 6.45) is 1.07. The highest BCUT2D eigenvalue weighted by atomic mass is 32.2. The molecule has 0 fully saturated rings. The van der Waals surface area contributed by atoms with E-state index in [4.69, 9.17) is 27.7 Å². The van der Waals surface area contributed by atoms with Gasteiger partial charge in [-0.05, 0) is 50.3 Å². The topological polar surface area (TPSA) is 163 Å². The molecular weight excluding hydrogens is 404 g/mol. The Balaban J connectivity index is 2.06. The number of anilines is 2. The first kappa shape index (κ1) is 20.9. The maximum Gasteiger partial charge on any atom is 0.264 e. The van der Waals surface area contributed by atoms with Crippen molar-refractivity contribution in [1.29, 1.82) is 5.26 Å². The summed E-state index contributed by atoms with van der Waals surface area (Å²) in [5, 5.41) is 17.8. The van der Waals surface area contributed by atoms with E-state index < -0.39 is 15.9 Å². The van der Waals surface area contributed by atoms with Crippen LogP contribution in [0.25, 0.3) is 0 Å². The van der Waals surface area contributed by atoms with E-state index >= 15 is 0 Å². The van der Waals surface area contributed by atoms with Gasteiger partial charge in [0.05, 0.1) is 10.6 Å². The highest BCUT2D eigenvalue weighted by molar-refractivity contribution is 7.92. The molecule has 12 heteroatoms. The van der Waals surface area contributed by atoms with E-state index in [0.717, 1.165) is 6.20 Å². The molecule has 10 nitrogen and oxygen atoms in total. The summed E-state index contributed by atoms with van der Waals surface area (Å²) in [5.41, 5.74) is 6.37. The molecule has 0 aliphatic rings. The lowest BCUT2D eigenvalue weighted by Gasteiger charge is -2.09. The van der Waals surface area contributed by atoms with Crippen LogP contribution in [0.15, 0.2) is 45.5 Å². The van der Waals surface area contributed by atoms with Crippen LogP contribution < -0.4 is 21.1 Å². The number of carbonyl (C=O) groups excluding carboxylic acids is 1. The summed E-state index contributed by atoms with van der Waals surface area (Å²) in [5.74, 6) is -0.836. The van der Waals surface area contributed by atoms with Crippen LogP contribution in [-0.4, -0.2) is 24.6 Å². The summed E-state index contributed by atoms with van der Waals surface area (Å²) < 4.78 is 32.2. The van der Waals surface area contributed by atoms with Crippen molar-refractivity contribution < 1.29 is 17.7 Å². The number of aryl methyl sites for hydroxylation is 1. The van der Waals surface area contributed by atoms with Gasteiger partial charge in [-0.2, -0.15) is 5.26 Å². The van der Waals surface area contributed by atoms with Gasteiger partial charge < -0.3 is 20.9 Å². The van der Waals surface area contributed by atoms with Gasteiger partial charge >= 0.3 is 0 Å². The molecule has 1 amide bonds. The molecule has 1 aromatic carbocycles. The van der Waals surface area contributed by atoms with Crippen molar-refractivity contribution in [3.63, 3.8) is 0 Å². The molecule has 0 saturated heterocycles. The first-order valence-electron chi connectivity index (χ1n) is 7.67. The number of nitriles is 1. The molecule has 0 bridgehead atoms. The molecule has 1 heterocycles. The molecule has 0 aliphatic carbocycles. The second-order valence-electron chi connectivity index (χ2n) is 5.48. The number of hydrogen-bond donors (Lipinski definition) is 4. The number of amides is 1. The number of nitrogens with two attached hydrogens (primary N) is 1. The highest BCUT2D eigenvalue weighted by Gasteiger charge is 2.19. The van der Waals surface area contributed by atoms with Crippen molar-refractivity contribution in [1.82, 2.24) is 10.5 Å². The van der Waals surface area contributed by atoms with E-state index in [-0.39, 0.29) is 21.5 Å². The Labute approximate surface area is 166 Å². The van der Waals surface area contributed by atoms with Gasteiger partial charge in [-0.15, -0.1) is 0 Å². The number of carbonyl (C=O) groups is 1. The molecule has 0 atom stereocenters. The predicted octanol–water partition coefficient (Wildman–Crippen LogP) is 1.27. The molecule has 0 unspecified atom stereocenters. The first-order valence-corrected chi connectivity index (χ1v) is 9.56. The van der Waals surface area contributed by atoms with E-state index in [2.05, 4.69) is 20.5 Å². The summed E-state index contributed by atoms with van der Waals surface area (Å²) in [7, 11) is -3.86. The Morgan fingerprint density at radius 2 is 1.96 bits per heavy atom.